The van der Waals surface area contributed by atoms with E-state index in [0.29, 0.717) is 23.1 Å². The summed E-state index contributed by atoms with van der Waals surface area (Å²) in [6, 6.07) is 16.4. The number of allylic oxidation sites excluding steroid dienone is 1. The van der Waals surface area contributed by atoms with E-state index in [1.807, 2.05) is 54.8 Å². The fourth-order valence-electron chi connectivity index (χ4n) is 3.45. The third-order valence-electron chi connectivity index (χ3n) is 4.99. The first-order valence-electron chi connectivity index (χ1n) is 9.41. The lowest BCUT2D eigenvalue weighted by Gasteiger charge is -2.23. The molecule has 3 aromatic rings. The van der Waals surface area contributed by atoms with Crippen molar-refractivity contribution in [3.05, 3.63) is 77.5 Å². The van der Waals surface area contributed by atoms with Crippen LogP contribution >= 0.6 is 11.8 Å². The smallest absolute Gasteiger partial charge is 0.335 e. The number of carbonyl (C=O) groups is 2. The molecular weight excluding hydrogens is 400 g/mol. The molecule has 0 fully saturated rings. The fourth-order valence-corrected chi connectivity index (χ4v) is 4.40. The van der Waals surface area contributed by atoms with Gasteiger partial charge in [-0.3, -0.25) is 0 Å². The number of carbonyl (C=O) groups excluding carboxylic acids is 2. The van der Waals surface area contributed by atoms with Crippen molar-refractivity contribution in [2.75, 3.05) is 4.90 Å². The lowest BCUT2D eigenvalue weighted by molar-refractivity contribution is -0.448. The molecule has 0 aliphatic carbocycles. The number of hydrogen-bond acceptors (Lipinski definition) is 6. The Kier molecular flexibility index (Phi) is 4.55. The van der Waals surface area contributed by atoms with Gasteiger partial charge in [0, 0.05) is 5.56 Å². The minimum atomic E-state index is -0.472. The lowest BCUT2D eigenvalue weighted by atomic mass is 10.1. The van der Waals surface area contributed by atoms with Crippen LogP contribution in [0.15, 0.2) is 70.6 Å². The number of rotatable bonds is 4. The van der Waals surface area contributed by atoms with Gasteiger partial charge in [0.25, 0.3) is 5.89 Å². The van der Waals surface area contributed by atoms with Crippen molar-refractivity contribution < 1.29 is 18.7 Å². The fraction of sp³-hybridized carbons (Fsp3) is 0.136. The van der Waals surface area contributed by atoms with Crippen LogP contribution in [-0.2, 0) is 11.3 Å². The Hall–Kier alpha value is -3.52. The van der Waals surface area contributed by atoms with Crippen LogP contribution in [0.25, 0.3) is 11.4 Å². The van der Waals surface area contributed by atoms with Gasteiger partial charge in [-0.1, -0.05) is 53.2 Å². The maximum absolute atomic E-state index is 13.3. The maximum Gasteiger partial charge on any atom is 0.506 e. The van der Waals surface area contributed by atoms with Crippen LogP contribution in [0.1, 0.15) is 11.5 Å². The maximum atomic E-state index is 13.3. The summed E-state index contributed by atoms with van der Waals surface area (Å²) in [7, 11) is 0. The second kappa shape index (κ2) is 7.38. The zero-order valence-corrected chi connectivity index (χ0v) is 16.9. The average molecular weight is 417 g/mol. The van der Waals surface area contributed by atoms with Crippen LogP contribution in [-0.4, -0.2) is 37.6 Å². The van der Waals surface area contributed by atoms with Crippen molar-refractivity contribution in [1.29, 1.82) is 0 Å². The molecule has 0 N–H and O–H groups in total. The number of imide groups is 1. The Bertz CT molecular complexity index is 1200. The van der Waals surface area contributed by atoms with E-state index in [9.17, 15) is 9.59 Å². The molecule has 0 bridgehead atoms. The van der Waals surface area contributed by atoms with Crippen molar-refractivity contribution in [3.8, 4) is 11.4 Å². The third kappa shape index (κ3) is 3.15. The SMILES string of the molecule is Cc1ccc(N2C(=O)C3SC=CC3=[N+](Cc3nc(-c4ccccc4)no3)C2=O)cc1. The minimum Gasteiger partial charge on any atom is -0.335 e. The van der Waals surface area contributed by atoms with Gasteiger partial charge in [0.05, 0.1) is 0 Å². The highest BCUT2D eigenvalue weighted by Gasteiger charge is 2.50. The third-order valence-corrected chi connectivity index (χ3v) is 5.99. The summed E-state index contributed by atoms with van der Waals surface area (Å²) in [6.07, 6.45) is 1.80. The van der Waals surface area contributed by atoms with Gasteiger partial charge in [-0.05, 0) is 30.5 Å². The van der Waals surface area contributed by atoms with Crippen molar-refractivity contribution in [3.63, 3.8) is 0 Å². The van der Waals surface area contributed by atoms with E-state index in [2.05, 4.69) is 10.1 Å². The number of amides is 3. The zero-order chi connectivity index (χ0) is 20.7. The summed E-state index contributed by atoms with van der Waals surface area (Å²) in [4.78, 5) is 32.0. The highest BCUT2D eigenvalue weighted by Crippen LogP contribution is 2.31. The second-order valence-electron chi connectivity index (χ2n) is 7.00. The predicted molar refractivity (Wildman–Crippen MR) is 113 cm³/mol. The standard InChI is InChI=1S/C22H17N4O3S/c1-14-7-9-16(10-8-14)26-21(27)19-17(11-12-30-19)25(22(26)28)13-18-23-20(24-29-18)15-5-3-2-4-6-15/h2-12,19H,13H2,1H3/q+1. The van der Waals surface area contributed by atoms with E-state index in [4.69, 9.17) is 4.52 Å². The van der Waals surface area contributed by atoms with Crippen molar-refractivity contribution >= 4 is 35.1 Å². The topological polar surface area (TPSA) is 79.3 Å². The highest BCUT2D eigenvalue weighted by molar-refractivity contribution is 8.04. The van der Waals surface area contributed by atoms with E-state index < -0.39 is 11.3 Å². The number of aryl methyl sites for hydroxylation is 1. The molecule has 0 spiro atoms. The second-order valence-corrected chi connectivity index (χ2v) is 8.02. The number of anilines is 1. The average Bonchev–Trinajstić information content (AvgIpc) is 3.43. The Morgan fingerprint density at radius 3 is 2.63 bits per heavy atom. The molecule has 148 valence electrons. The van der Waals surface area contributed by atoms with E-state index >= 15 is 0 Å². The Balaban J connectivity index is 1.50. The molecule has 1 aromatic heterocycles. The molecule has 3 amide bonds. The minimum absolute atomic E-state index is 0.0883. The summed E-state index contributed by atoms with van der Waals surface area (Å²) in [5.74, 6) is 0.511. The molecule has 0 saturated heterocycles. The van der Waals surface area contributed by atoms with Crippen LogP contribution in [0, 0.1) is 6.92 Å². The largest absolute Gasteiger partial charge is 0.506 e. The Morgan fingerprint density at radius 2 is 1.87 bits per heavy atom. The number of aromatic nitrogens is 2. The van der Waals surface area contributed by atoms with Crippen molar-refractivity contribution in [2.24, 2.45) is 0 Å². The molecule has 0 radical (unpaired) electrons. The van der Waals surface area contributed by atoms with Crippen LogP contribution < -0.4 is 4.90 Å². The molecule has 2 aliphatic heterocycles. The van der Waals surface area contributed by atoms with Gasteiger partial charge < -0.3 is 4.52 Å². The number of hydrogen-bond donors (Lipinski definition) is 0. The van der Waals surface area contributed by atoms with E-state index in [1.165, 1.54) is 21.2 Å². The molecular formula is C22H17N4O3S+. The number of fused-ring (bicyclic) bond motifs is 1. The van der Waals surface area contributed by atoms with E-state index in [1.54, 1.807) is 18.2 Å². The van der Waals surface area contributed by atoms with Gasteiger partial charge >= 0.3 is 11.9 Å². The van der Waals surface area contributed by atoms with Crippen LogP contribution in [0.2, 0.25) is 0 Å². The molecule has 0 saturated carbocycles. The number of nitrogens with zero attached hydrogens (tertiary/aromatic N) is 4. The first kappa shape index (κ1) is 18.5. The lowest BCUT2D eigenvalue weighted by Crippen LogP contribution is -2.55. The normalized spacial score (nSPS) is 18.3. The van der Waals surface area contributed by atoms with Gasteiger partial charge in [-0.15, -0.1) is 16.7 Å². The first-order chi connectivity index (χ1) is 14.6. The Morgan fingerprint density at radius 1 is 1.10 bits per heavy atom. The van der Waals surface area contributed by atoms with Crippen LogP contribution in [0.5, 0.6) is 0 Å². The highest BCUT2D eigenvalue weighted by atomic mass is 32.2. The number of urea groups is 1. The van der Waals surface area contributed by atoms with Crippen molar-refractivity contribution in [2.45, 2.75) is 18.7 Å². The van der Waals surface area contributed by atoms with E-state index in [0.717, 1.165) is 11.1 Å². The number of benzene rings is 2. The first-order valence-corrected chi connectivity index (χ1v) is 10.3. The molecule has 5 rings (SSSR count). The van der Waals surface area contributed by atoms with Crippen molar-refractivity contribution in [1.82, 2.24) is 10.1 Å². The van der Waals surface area contributed by atoms with Gasteiger partial charge in [-0.25, -0.2) is 4.79 Å². The molecule has 2 aromatic carbocycles. The van der Waals surface area contributed by atoms with E-state index in [-0.39, 0.29) is 12.5 Å². The zero-order valence-electron chi connectivity index (χ0n) is 16.1. The molecule has 1 atom stereocenters. The molecule has 7 nitrogen and oxygen atoms in total. The summed E-state index contributed by atoms with van der Waals surface area (Å²) < 4.78 is 6.93. The molecule has 8 heteroatoms. The van der Waals surface area contributed by atoms with Crippen LogP contribution in [0.4, 0.5) is 10.5 Å². The summed E-state index contributed by atoms with van der Waals surface area (Å²) in [6.45, 7) is 2.05. The predicted octanol–water partition coefficient (Wildman–Crippen LogP) is 3.79. The summed E-state index contributed by atoms with van der Waals surface area (Å²) >= 11 is 1.39. The van der Waals surface area contributed by atoms with Gasteiger partial charge in [-0.2, -0.15) is 14.4 Å². The van der Waals surface area contributed by atoms with Gasteiger partial charge in [0.1, 0.15) is 11.4 Å². The monoisotopic (exact) mass is 417 g/mol. The molecule has 1 unspecified atom stereocenters. The number of thioether (sulfide) groups is 1. The van der Waals surface area contributed by atoms with Gasteiger partial charge in [0.15, 0.2) is 11.8 Å². The quantitative estimate of drug-likeness (QED) is 0.601. The molecule has 30 heavy (non-hydrogen) atoms. The molecule has 2 aliphatic rings. The summed E-state index contributed by atoms with van der Waals surface area (Å²) in [5, 5.41) is 5.39. The summed E-state index contributed by atoms with van der Waals surface area (Å²) in [5.41, 5.74) is 3.06. The Labute approximate surface area is 176 Å². The van der Waals surface area contributed by atoms with Crippen LogP contribution in [0.3, 0.4) is 0 Å². The molecule has 3 heterocycles. The van der Waals surface area contributed by atoms with Gasteiger partial charge in [0.2, 0.25) is 5.82 Å².